The van der Waals surface area contributed by atoms with Crippen molar-refractivity contribution in [2.75, 3.05) is 11.1 Å². The summed E-state index contributed by atoms with van der Waals surface area (Å²) >= 11 is 0. The molecule has 5 heteroatoms. The first-order valence-electron chi connectivity index (χ1n) is 6.74. The number of nitrogens with one attached hydrogen (secondary N) is 2. The van der Waals surface area contributed by atoms with Gasteiger partial charge in [0.1, 0.15) is 0 Å². The van der Waals surface area contributed by atoms with E-state index >= 15 is 0 Å². The topological polar surface area (TPSA) is 83.8 Å². The zero-order valence-corrected chi connectivity index (χ0v) is 11.6. The van der Waals surface area contributed by atoms with Crippen LogP contribution in [-0.4, -0.2) is 9.97 Å². The van der Waals surface area contributed by atoms with Gasteiger partial charge in [0.2, 0.25) is 5.95 Å². The number of nitrogen functional groups attached to an aromatic ring is 1. The lowest BCUT2D eigenvalue weighted by molar-refractivity contribution is 0.885. The molecule has 0 saturated heterocycles. The van der Waals surface area contributed by atoms with Crippen LogP contribution in [-0.2, 0) is 0 Å². The van der Waals surface area contributed by atoms with E-state index in [1.54, 1.807) is 12.1 Å². The van der Waals surface area contributed by atoms with E-state index in [1.165, 1.54) is 5.56 Å². The van der Waals surface area contributed by atoms with Crippen molar-refractivity contribution in [2.45, 2.75) is 13.0 Å². The van der Waals surface area contributed by atoms with Crippen molar-refractivity contribution in [2.24, 2.45) is 0 Å². The highest BCUT2D eigenvalue weighted by Crippen LogP contribution is 2.21. The molecule has 0 aliphatic heterocycles. The van der Waals surface area contributed by atoms with Crippen LogP contribution in [0.1, 0.15) is 18.5 Å². The molecule has 0 saturated carbocycles. The maximum atomic E-state index is 11.9. The highest BCUT2D eigenvalue weighted by atomic mass is 16.1. The van der Waals surface area contributed by atoms with Crippen LogP contribution in [0.25, 0.3) is 10.9 Å². The van der Waals surface area contributed by atoms with Crippen LogP contribution >= 0.6 is 0 Å². The molecule has 21 heavy (non-hydrogen) atoms. The third kappa shape index (κ3) is 2.72. The molecule has 1 aromatic heterocycles. The Labute approximate surface area is 121 Å². The minimum absolute atomic E-state index is 0.130. The zero-order valence-electron chi connectivity index (χ0n) is 11.6. The lowest BCUT2D eigenvalue weighted by Gasteiger charge is -2.16. The molecule has 1 atom stereocenters. The second-order valence-corrected chi connectivity index (χ2v) is 4.96. The molecule has 3 rings (SSSR count). The Morgan fingerprint density at radius 1 is 1.19 bits per heavy atom. The summed E-state index contributed by atoms with van der Waals surface area (Å²) in [5, 5.41) is 3.90. The summed E-state index contributed by atoms with van der Waals surface area (Å²) in [5.74, 6) is 0.130. The van der Waals surface area contributed by atoms with Gasteiger partial charge in [-0.1, -0.05) is 30.3 Å². The molecule has 106 valence electrons. The number of benzene rings is 2. The lowest BCUT2D eigenvalue weighted by Crippen LogP contribution is -2.12. The molecule has 0 radical (unpaired) electrons. The predicted molar refractivity (Wildman–Crippen MR) is 85.3 cm³/mol. The minimum Gasteiger partial charge on any atom is -0.378 e. The predicted octanol–water partition coefficient (Wildman–Crippen LogP) is 2.68. The van der Waals surface area contributed by atoms with Crippen molar-refractivity contribution in [1.29, 1.82) is 0 Å². The molecule has 0 aliphatic carbocycles. The van der Waals surface area contributed by atoms with Gasteiger partial charge in [0.05, 0.1) is 10.9 Å². The molecular formula is C16H16N4O. The average molecular weight is 280 g/mol. The van der Waals surface area contributed by atoms with Crippen LogP contribution in [0.3, 0.4) is 0 Å². The van der Waals surface area contributed by atoms with Crippen LogP contribution in [0.15, 0.2) is 53.3 Å². The Kier molecular flexibility index (Phi) is 3.31. The maximum absolute atomic E-state index is 11.9. The van der Waals surface area contributed by atoms with E-state index in [4.69, 9.17) is 5.73 Å². The van der Waals surface area contributed by atoms with Gasteiger partial charge < -0.3 is 11.1 Å². The van der Waals surface area contributed by atoms with Gasteiger partial charge in [0, 0.05) is 11.7 Å². The van der Waals surface area contributed by atoms with Gasteiger partial charge in [-0.15, -0.1) is 0 Å². The van der Waals surface area contributed by atoms with Gasteiger partial charge >= 0.3 is 0 Å². The lowest BCUT2D eigenvalue weighted by atomic mass is 10.1. The molecule has 1 heterocycles. The first-order valence-corrected chi connectivity index (χ1v) is 6.74. The fourth-order valence-electron chi connectivity index (χ4n) is 2.32. The summed E-state index contributed by atoms with van der Waals surface area (Å²) in [6.07, 6.45) is 0. The third-order valence-electron chi connectivity index (χ3n) is 3.41. The van der Waals surface area contributed by atoms with E-state index in [2.05, 4.69) is 34.3 Å². The first-order chi connectivity index (χ1) is 10.1. The number of rotatable bonds is 3. The number of H-pyrrole nitrogens is 1. The van der Waals surface area contributed by atoms with E-state index < -0.39 is 0 Å². The number of aromatic amines is 1. The highest BCUT2D eigenvalue weighted by Gasteiger charge is 2.07. The number of hydrogen-bond donors (Lipinski definition) is 3. The van der Waals surface area contributed by atoms with E-state index in [1.807, 2.05) is 24.3 Å². The van der Waals surface area contributed by atoms with Crippen LogP contribution in [0.4, 0.5) is 11.6 Å². The van der Waals surface area contributed by atoms with Crippen molar-refractivity contribution in [3.8, 4) is 0 Å². The molecule has 3 aromatic rings. The second kappa shape index (κ2) is 5.28. The van der Waals surface area contributed by atoms with Crippen molar-refractivity contribution in [3.63, 3.8) is 0 Å². The van der Waals surface area contributed by atoms with Crippen LogP contribution in [0.2, 0.25) is 0 Å². The molecule has 0 spiro atoms. The molecule has 4 N–H and O–H groups in total. The Hall–Kier alpha value is -2.82. The number of nitrogens with two attached hydrogens (primary N) is 1. The Bertz CT molecular complexity index is 827. The molecule has 5 nitrogen and oxygen atoms in total. The molecule has 0 amide bonds. The van der Waals surface area contributed by atoms with E-state index in [-0.39, 0.29) is 17.5 Å². The number of anilines is 2. The number of nitrogens with zero attached hydrogens (tertiary/aromatic N) is 1. The van der Waals surface area contributed by atoms with Gasteiger partial charge in [-0.2, -0.15) is 0 Å². The van der Waals surface area contributed by atoms with Gasteiger partial charge in [0.15, 0.2) is 0 Å². The smallest absolute Gasteiger partial charge is 0.260 e. The summed E-state index contributed by atoms with van der Waals surface area (Å²) in [4.78, 5) is 18.5. The highest BCUT2D eigenvalue weighted by molar-refractivity contribution is 5.82. The zero-order chi connectivity index (χ0) is 14.8. The van der Waals surface area contributed by atoms with Crippen LogP contribution in [0.5, 0.6) is 0 Å². The van der Waals surface area contributed by atoms with Gasteiger partial charge in [-0.3, -0.25) is 9.78 Å². The van der Waals surface area contributed by atoms with E-state index in [9.17, 15) is 4.79 Å². The average Bonchev–Trinajstić information content (AvgIpc) is 2.48. The Balaban J connectivity index is 1.93. The Morgan fingerprint density at radius 2 is 1.95 bits per heavy atom. The molecular weight excluding hydrogens is 264 g/mol. The number of hydrogen-bond acceptors (Lipinski definition) is 4. The largest absolute Gasteiger partial charge is 0.378 e. The standard InChI is InChI=1S/C16H16N4O/c1-10(11-5-3-2-4-6-11)18-12-7-8-14-13(9-12)15(21)20-16(17)19-14/h2-10,18H,1H3,(H3,17,19,20,21). The second-order valence-electron chi connectivity index (χ2n) is 4.96. The van der Waals surface area contributed by atoms with Crippen molar-refractivity contribution < 1.29 is 0 Å². The first kappa shape index (κ1) is 13.2. The minimum atomic E-state index is -0.228. The van der Waals surface area contributed by atoms with E-state index in [0.717, 1.165) is 5.69 Å². The molecule has 0 bridgehead atoms. The molecule has 0 fully saturated rings. The maximum Gasteiger partial charge on any atom is 0.260 e. The van der Waals surface area contributed by atoms with Crippen molar-refractivity contribution >= 4 is 22.5 Å². The SMILES string of the molecule is CC(Nc1ccc2nc(N)[nH]c(=O)c2c1)c1ccccc1. The normalized spacial score (nSPS) is 12.2. The summed E-state index contributed by atoms with van der Waals surface area (Å²) in [7, 11) is 0. The van der Waals surface area contributed by atoms with Gasteiger partial charge in [-0.25, -0.2) is 4.98 Å². The van der Waals surface area contributed by atoms with Crippen molar-refractivity contribution in [3.05, 3.63) is 64.4 Å². The summed E-state index contributed by atoms with van der Waals surface area (Å²) in [6.45, 7) is 2.07. The van der Waals surface area contributed by atoms with Crippen LogP contribution < -0.4 is 16.6 Å². The number of fused-ring (bicyclic) bond motifs is 1. The third-order valence-corrected chi connectivity index (χ3v) is 3.41. The van der Waals surface area contributed by atoms with Crippen LogP contribution in [0, 0.1) is 0 Å². The fourth-order valence-corrected chi connectivity index (χ4v) is 2.32. The molecule has 1 unspecified atom stereocenters. The van der Waals surface area contributed by atoms with Gasteiger partial charge in [-0.05, 0) is 30.7 Å². The quantitative estimate of drug-likeness (QED) is 0.688. The summed E-state index contributed by atoms with van der Waals surface area (Å²) in [6, 6.07) is 15.7. The summed E-state index contributed by atoms with van der Waals surface area (Å²) < 4.78 is 0. The molecule has 0 aliphatic rings. The van der Waals surface area contributed by atoms with Gasteiger partial charge in [0.25, 0.3) is 5.56 Å². The summed E-state index contributed by atoms with van der Waals surface area (Å²) in [5.41, 5.74) is 7.95. The monoisotopic (exact) mass is 280 g/mol. The molecule has 2 aromatic carbocycles. The van der Waals surface area contributed by atoms with Crippen molar-refractivity contribution in [1.82, 2.24) is 9.97 Å². The number of aromatic nitrogens is 2. The fraction of sp³-hybridized carbons (Fsp3) is 0.125. The Morgan fingerprint density at radius 3 is 2.71 bits per heavy atom. The van der Waals surface area contributed by atoms with E-state index in [0.29, 0.717) is 10.9 Å².